The number of rotatable bonds is 8. The first-order chi connectivity index (χ1) is 17.8. The van der Waals surface area contributed by atoms with E-state index >= 15 is 0 Å². The number of unbranched alkanes of at least 4 members (excludes halogenated alkanes) is 3. The average molecular weight is 477 g/mol. The van der Waals surface area contributed by atoms with Gasteiger partial charge >= 0.3 is 0 Å². The number of hydrogen-bond donors (Lipinski definition) is 0. The molecular formula is C32H32N2O2. The molecule has 4 nitrogen and oxygen atoms in total. The maximum Gasteiger partial charge on any atom is 0.213 e. The highest BCUT2D eigenvalue weighted by molar-refractivity contribution is 6.04. The lowest BCUT2D eigenvalue weighted by atomic mass is 9.95. The van der Waals surface area contributed by atoms with E-state index in [1.54, 1.807) is 0 Å². The van der Waals surface area contributed by atoms with Gasteiger partial charge in [0, 0.05) is 17.5 Å². The van der Waals surface area contributed by atoms with Crippen molar-refractivity contribution in [2.45, 2.75) is 51.3 Å². The standard InChI is InChI=1S/C32H32N2O2/c1-2-3-4-9-20-35-27-18-16-24(17-19-27)32-34-30(28-12-7-8-13-31(28)36-32)22-29(33-34)26-15-14-23-10-5-6-11-25(23)21-26/h5-8,10-19,21,30,32H,2-4,9,20,22H2,1H3. The summed E-state index contributed by atoms with van der Waals surface area (Å²) >= 11 is 0. The van der Waals surface area contributed by atoms with Gasteiger partial charge in [-0.3, -0.25) is 0 Å². The molecule has 0 saturated carbocycles. The average Bonchev–Trinajstić information content (AvgIpc) is 3.39. The Hall–Kier alpha value is -3.79. The van der Waals surface area contributed by atoms with E-state index in [9.17, 15) is 0 Å². The van der Waals surface area contributed by atoms with Gasteiger partial charge in [-0.2, -0.15) is 5.10 Å². The van der Waals surface area contributed by atoms with Crippen molar-refractivity contribution in [2.24, 2.45) is 5.10 Å². The van der Waals surface area contributed by atoms with Crippen LogP contribution in [0.5, 0.6) is 11.5 Å². The molecular weight excluding hydrogens is 444 g/mol. The van der Waals surface area contributed by atoms with Crippen LogP contribution in [0.2, 0.25) is 0 Å². The first-order valence-corrected chi connectivity index (χ1v) is 13.1. The molecule has 36 heavy (non-hydrogen) atoms. The van der Waals surface area contributed by atoms with E-state index in [2.05, 4.69) is 96.9 Å². The molecule has 0 amide bonds. The lowest BCUT2D eigenvalue weighted by molar-refractivity contribution is -0.0190. The molecule has 182 valence electrons. The molecule has 0 fully saturated rings. The van der Waals surface area contributed by atoms with Gasteiger partial charge in [-0.15, -0.1) is 0 Å². The summed E-state index contributed by atoms with van der Waals surface area (Å²) in [5.41, 5.74) is 4.55. The minimum Gasteiger partial charge on any atom is -0.494 e. The first kappa shape index (κ1) is 22.7. The molecule has 2 aliphatic rings. The molecule has 0 N–H and O–H groups in total. The summed E-state index contributed by atoms with van der Waals surface area (Å²) in [5, 5.41) is 9.77. The van der Waals surface area contributed by atoms with Crippen LogP contribution in [0, 0.1) is 0 Å². The highest BCUT2D eigenvalue weighted by Crippen LogP contribution is 2.47. The fourth-order valence-electron chi connectivity index (χ4n) is 5.25. The van der Waals surface area contributed by atoms with Crippen molar-refractivity contribution in [3.8, 4) is 11.5 Å². The lowest BCUT2D eigenvalue weighted by Gasteiger charge is -2.38. The van der Waals surface area contributed by atoms with E-state index in [-0.39, 0.29) is 12.3 Å². The molecule has 0 aliphatic carbocycles. The van der Waals surface area contributed by atoms with E-state index < -0.39 is 0 Å². The fourth-order valence-corrected chi connectivity index (χ4v) is 5.25. The smallest absolute Gasteiger partial charge is 0.213 e. The van der Waals surface area contributed by atoms with Crippen molar-refractivity contribution in [3.63, 3.8) is 0 Å². The Morgan fingerprint density at radius 3 is 2.53 bits per heavy atom. The Morgan fingerprint density at radius 2 is 1.67 bits per heavy atom. The summed E-state index contributed by atoms with van der Waals surface area (Å²) in [7, 11) is 0. The monoisotopic (exact) mass is 476 g/mol. The zero-order valence-corrected chi connectivity index (χ0v) is 20.8. The Morgan fingerprint density at radius 1 is 0.861 bits per heavy atom. The number of ether oxygens (including phenoxy) is 2. The zero-order valence-electron chi connectivity index (χ0n) is 20.8. The van der Waals surface area contributed by atoms with Crippen LogP contribution in [-0.4, -0.2) is 17.3 Å². The second kappa shape index (κ2) is 10.1. The van der Waals surface area contributed by atoms with E-state index in [4.69, 9.17) is 14.6 Å². The van der Waals surface area contributed by atoms with Gasteiger partial charge in [-0.05, 0) is 59.2 Å². The van der Waals surface area contributed by atoms with E-state index in [0.29, 0.717) is 0 Å². The van der Waals surface area contributed by atoms with Crippen molar-refractivity contribution < 1.29 is 9.47 Å². The van der Waals surface area contributed by atoms with E-state index in [0.717, 1.165) is 42.2 Å². The van der Waals surface area contributed by atoms with Crippen molar-refractivity contribution in [2.75, 3.05) is 6.61 Å². The summed E-state index contributed by atoms with van der Waals surface area (Å²) in [4.78, 5) is 0. The molecule has 6 rings (SSSR count). The Labute approximate surface area is 213 Å². The van der Waals surface area contributed by atoms with Crippen LogP contribution >= 0.6 is 0 Å². The molecule has 0 radical (unpaired) electrons. The third-order valence-electron chi connectivity index (χ3n) is 7.21. The summed E-state index contributed by atoms with van der Waals surface area (Å²) in [5.74, 6) is 1.85. The van der Waals surface area contributed by atoms with Gasteiger partial charge in [0.2, 0.25) is 6.23 Å². The van der Waals surface area contributed by atoms with Crippen LogP contribution in [0.3, 0.4) is 0 Å². The summed E-state index contributed by atoms with van der Waals surface area (Å²) in [6.45, 7) is 2.99. The van der Waals surface area contributed by atoms with E-state index in [1.807, 2.05) is 6.07 Å². The number of fused-ring (bicyclic) bond motifs is 4. The van der Waals surface area contributed by atoms with Gasteiger partial charge in [0.25, 0.3) is 0 Å². The maximum absolute atomic E-state index is 6.53. The Kier molecular flexibility index (Phi) is 6.33. The Bertz CT molecular complexity index is 1380. The van der Waals surface area contributed by atoms with Crippen molar-refractivity contribution >= 4 is 16.5 Å². The predicted molar refractivity (Wildman–Crippen MR) is 146 cm³/mol. The van der Waals surface area contributed by atoms with Gasteiger partial charge < -0.3 is 9.47 Å². The number of benzene rings is 4. The quantitative estimate of drug-likeness (QED) is 0.241. The minimum atomic E-state index is -0.276. The fraction of sp³-hybridized carbons (Fsp3) is 0.281. The molecule has 4 heteroatoms. The zero-order chi connectivity index (χ0) is 24.3. The van der Waals surface area contributed by atoms with Gasteiger partial charge in [0.05, 0.1) is 18.4 Å². The molecule has 0 aromatic heterocycles. The highest BCUT2D eigenvalue weighted by Gasteiger charge is 2.40. The molecule has 2 heterocycles. The largest absolute Gasteiger partial charge is 0.494 e. The van der Waals surface area contributed by atoms with Crippen molar-refractivity contribution in [3.05, 3.63) is 108 Å². The first-order valence-electron chi connectivity index (χ1n) is 13.1. The molecule has 2 unspecified atom stereocenters. The normalized spacial score (nSPS) is 18.4. The number of hydrazone groups is 1. The minimum absolute atomic E-state index is 0.149. The van der Waals surface area contributed by atoms with Crippen LogP contribution in [0.1, 0.15) is 68.0 Å². The molecule has 2 aliphatic heterocycles. The summed E-state index contributed by atoms with van der Waals surface area (Å²) in [6, 6.07) is 32.0. The number of hydrogen-bond acceptors (Lipinski definition) is 4. The van der Waals surface area contributed by atoms with Gasteiger partial charge in [0.15, 0.2) is 0 Å². The molecule has 0 spiro atoms. The second-order valence-corrected chi connectivity index (χ2v) is 9.69. The van der Waals surface area contributed by atoms with Crippen LogP contribution < -0.4 is 9.47 Å². The SMILES string of the molecule is CCCCCCOc1ccc(C2Oc3ccccc3C3CC(c4ccc5ccccc5c4)=NN32)cc1. The summed E-state index contributed by atoms with van der Waals surface area (Å²) < 4.78 is 12.5. The third-order valence-corrected chi connectivity index (χ3v) is 7.21. The maximum atomic E-state index is 6.53. The molecule has 4 aromatic rings. The summed E-state index contributed by atoms with van der Waals surface area (Å²) in [6.07, 6.45) is 5.40. The van der Waals surface area contributed by atoms with Gasteiger partial charge in [0.1, 0.15) is 11.5 Å². The van der Waals surface area contributed by atoms with Gasteiger partial charge in [-0.25, -0.2) is 5.01 Å². The highest BCUT2D eigenvalue weighted by atomic mass is 16.5. The Balaban J connectivity index is 1.27. The van der Waals surface area contributed by atoms with Crippen LogP contribution in [0.25, 0.3) is 10.8 Å². The molecule has 4 aromatic carbocycles. The molecule has 0 bridgehead atoms. The van der Waals surface area contributed by atoms with Crippen LogP contribution in [0.4, 0.5) is 0 Å². The van der Waals surface area contributed by atoms with Crippen LogP contribution in [0.15, 0.2) is 96.1 Å². The van der Waals surface area contributed by atoms with Crippen molar-refractivity contribution in [1.82, 2.24) is 5.01 Å². The van der Waals surface area contributed by atoms with Crippen molar-refractivity contribution in [1.29, 1.82) is 0 Å². The molecule has 0 saturated heterocycles. The van der Waals surface area contributed by atoms with Gasteiger partial charge in [-0.1, -0.05) is 80.8 Å². The lowest BCUT2D eigenvalue weighted by Crippen LogP contribution is -2.33. The molecule has 2 atom stereocenters. The third kappa shape index (κ3) is 4.44. The van der Waals surface area contributed by atoms with E-state index in [1.165, 1.54) is 41.2 Å². The van der Waals surface area contributed by atoms with Crippen LogP contribution in [-0.2, 0) is 0 Å². The number of para-hydroxylation sites is 1. The second-order valence-electron chi connectivity index (χ2n) is 9.69. The predicted octanol–water partition coefficient (Wildman–Crippen LogP) is 8.04. The number of nitrogens with zero attached hydrogens (tertiary/aromatic N) is 2. The topological polar surface area (TPSA) is 34.1 Å².